The smallest absolute Gasteiger partial charge is 0.227 e. The highest BCUT2D eigenvalue weighted by Crippen LogP contribution is 2.42. The van der Waals surface area contributed by atoms with Gasteiger partial charge in [0.1, 0.15) is 0 Å². The molecule has 0 atom stereocenters. The van der Waals surface area contributed by atoms with E-state index in [4.69, 9.17) is 5.73 Å². The molecule has 3 heteroatoms. The predicted molar refractivity (Wildman–Crippen MR) is 75.4 cm³/mol. The van der Waals surface area contributed by atoms with Gasteiger partial charge in [-0.1, -0.05) is 12.1 Å². The Hall–Kier alpha value is -1.35. The van der Waals surface area contributed by atoms with Crippen molar-refractivity contribution >= 4 is 11.6 Å². The van der Waals surface area contributed by atoms with Gasteiger partial charge in [-0.25, -0.2) is 0 Å². The van der Waals surface area contributed by atoms with Gasteiger partial charge in [0.2, 0.25) is 5.91 Å². The van der Waals surface area contributed by atoms with Gasteiger partial charge >= 0.3 is 0 Å². The molecular formula is C16H20N2O. The number of rotatable bonds is 1. The number of hydrogen-bond acceptors (Lipinski definition) is 2. The van der Waals surface area contributed by atoms with E-state index in [2.05, 4.69) is 12.1 Å². The molecule has 0 bridgehead atoms. The standard InChI is InChI=1S/C16H20N2O/c17-14-8-13(9-14)12-6-10-2-1-5-18-15(19)4-3-11(7-12)16(10)18/h6-7,13-14H,1-5,8-9,17H2. The lowest BCUT2D eigenvalue weighted by atomic mass is 9.74. The van der Waals surface area contributed by atoms with E-state index >= 15 is 0 Å². The maximum absolute atomic E-state index is 12.0. The van der Waals surface area contributed by atoms with Crippen molar-refractivity contribution in [3.8, 4) is 0 Å². The summed E-state index contributed by atoms with van der Waals surface area (Å²) in [5.74, 6) is 0.969. The van der Waals surface area contributed by atoms with E-state index in [9.17, 15) is 4.79 Å². The molecule has 0 saturated heterocycles. The SMILES string of the molecule is NC1CC(c2cc3c4c(c2)CCC(=O)N4CCC3)C1. The van der Waals surface area contributed by atoms with E-state index in [-0.39, 0.29) is 0 Å². The van der Waals surface area contributed by atoms with Gasteiger partial charge in [-0.3, -0.25) is 4.79 Å². The average molecular weight is 256 g/mol. The Morgan fingerprint density at radius 2 is 1.84 bits per heavy atom. The molecule has 1 aromatic carbocycles. The topological polar surface area (TPSA) is 46.3 Å². The monoisotopic (exact) mass is 256 g/mol. The minimum atomic E-state index is 0.312. The van der Waals surface area contributed by atoms with E-state index in [0.29, 0.717) is 24.3 Å². The summed E-state index contributed by atoms with van der Waals surface area (Å²) in [6.45, 7) is 0.909. The van der Waals surface area contributed by atoms with Gasteiger partial charge in [0.15, 0.2) is 0 Å². The van der Waals surface area contributed by atoms with Gasteiger partial charge in [0.25, 0.3) is 0 Å². The number of amides is 1. The number of nitrogens with two attached hydrogens (primary N) is 1. The van der Waals surface area contributed by atoms with Crippen molar-refractivity contribution in [3.63, 3.8) is 0 Å². The van der Waals surface area contributed by atoms with E-state index in [1.165, 1.54) is 22.4 Å². The summed E-state index contributed by atoms with van der Waals surface area (Å²) in [5.41, 5.74) is 11.4. The zero-order valence-corrected chi connectivity index (χ0v) is 11.2. The Bertz CT molecular complexity index is 529. The van der Waals surface area contributed by atoms with Gasteiger partial charge in [-0.15, -0.1) is 0 Å². The molecule has 3 aliphatic rings. The molecule has 19 heavy (non-hydrogen) atoms. The number of carbonyl (C=O) groups excluding carboxylic acids is 1. The summed E-state index contributed by atoms with van der Waals surface area (Å²) in [6.07, 6.45) is 6.08. The molecule has 1 aromatic rings. The predicted octanol–water partition coefficient (Wildman–Crippen LogP) is 2.12. The lowest BCUT2D eigenvalue weighted by molar-refractivity contribution is -0.119. The van der Waals surface area contributed by atoms with Crippen LogP contribution < -0.4 is 10.6 Å². The van der Waals surface area contributed by atoms with Crippen LogP contribution in [0, 0.1) is 0 Å². The van der Waals surface area contributed by atoms with Crippen molar-refractivity contribution < 1.29 is 4.79 Å². The summed E-state index contributed by atoms with van der Waals surface area (Å²) in [4.78, 5) is 14.0. The van der Waals surface area contributed by atoms with Crippen LogP contribution in [0.2, 0.25) is 0 Å². The van der Waals surface area contributed by atoms with Crippen LogP contribution in [-0.4, -0.2) is 18.5 Å². The first kappa shape index (κ1) is 11.5. The highest BCUT2D eigenvalue weighted by atomic mass is 16.2. The van der Waals surface area contributed by atoms with E-state index < -0.39 is 0 Å². The molecule has 1 fully saturated rings. The number of anilines is 1. The Morgan fingerprint density at radius 1 is 1.11 bits per heavy atom. The molecule has 2 aliphatic heterocycles. The zero-order chi connectivity index (χ0) is 13.0. The second kappa shape index (κ2) is 4.07. The van der Waals surface area contributed by atoms with E-state index in [1.807, 2.05) is 4.90 Å². The van der Waals surface area contributed by atoms with Crippen molar-refractivity contribution in [1.29, 1.82) is 0 Å². The maximum atomic E-state index is 12.0. The Morgan fingerprint density at radius 3 is 2.58 bits per heavy atom. The Kier molecular flexibility index (Phi) is 2.46. The average Bonchev–Trinajstić information content (AvgIpc) is 2.39. The third-order valence-electron chi connectivity index (χ3n) is 4.94. The first-order valence-electron chi connectivity index (χ1n) is 7.44. The van der Waals surface area contributed by atoms with Crippen LogP contribution in [0.5, 0.6) is 0 Å². The van der Waals surface area contributed by atoms with Crippen LogP contribution in [0.15, 0.2) is 12.1 Å². The van der Waals surface area contributed by atoms with Gasteiger partial charge in [-0.05, 0) is 54.7 Å². The van der Waals surface area contributed by atoms with Gasteiger partial charge < -0.3 is 10.6 Å². The molecule has 0 unspecified atom stereocenters. The van der Waals surface area contributed by atoms with Crippen LogP contribution >= 0.6 is 0 Å². The molecule has 4 rings (SSSR count). The van der Waals surface area contributed by atoms with Crippen molar-refractivity contribution in [2.24, 2.45) is 5.73 Å². The summed E-state index contributed by atoms with van der Waals surface area (Å²) in [5, 5.41) is 0. The second-order valence-corrected chi connectivity index (χ2v) is 6.27. The molecular weight excluding hydrogens is 236 g/mol. The Balaban J connectivity index is 1.77. The third-order valence-corrected chi connectivity index (χ3v) is 4.94. The molecule has 1 amide bonds. The summed E-state index contributed by atoms with van der Waals surface area (Å²) in [6, 6.07) is 5.09. The lowest BCUT2D eigenvalue weighted by Crippen LogP contribution is -2.39. The number of aryl methyl sites for hydroxylation is 2. The fourth-order valence-corrected chi connectivity index (χ4v) is 3.85. The normalized spacial score (nSPS) is 28.9. The molecule has 3 nitrogen and oxygen atoms in total. The third kappa shape index (κ3) is 1.71. The first-order valence-corrected chi connectivity index (χ1v) is 7.44. The molecule has 2 heterocycles. The van der Waals surface area contributed by atoms with Crippen molar-refractivity contribution in [1.82, 2.24) is 0 Å². The van der Waals surface area contributed by atoms with Gasteiger partial charge in [-0.2, -0.15) is 0 Å². The molecule has 0 spiro atoms. The minimum Gasteiger partial charge on any atom is -0.328 e. The fraction of sp³-hybridized carbons (Fsp3) is 0.562. The van der Waals surface area contributed by atoms with Crippen LogP contribution in [0.4, 0.5) is 5.69 Å². The van der Waals surface area contributed by atoms with Crippen molar-refractivity contribution in [2.75, 3.05) is 11.4 Å². The molecule has 2 N–H and O–H groups in total. The van der Waals surface area contributed by atoms with Crippen LogP contribution in [-0.2, 0) is 17.6 Å². The molecule has 100 valence electrons. The summed E-state index contributed by atoms with van der Waals surface area (Å²) < 4.78 is 0. The highest BCUT2D eigenvalue weighted by Gasteiger charge is 2.32. The number of carbonyl (C=O) groups is 1. The van der Waals surface area contributed by atoms with E-state index in [1.54, 1.807) is 0 Å². The van der Waals surface area contributed by atoms with Gasteiger partial charge in [0, 0.05) is 19.0 Å². The van der Waals surface area contributed by atoms with Crippen LogP contribution in [0.3, 0.4) is 0 Å². The number of benzene rings is 1. The number of nitrogens with zero attached hydrogens (tertiary/aromatic N) is 1. The number of hydrogen-bond donors (Lipinski definition) is 1. The summed E-state index contributed by atoms with van der Waals surface area (Å²) in [7, 11) is 0. The van der Waals surface area contributed by atoms with Crippen molar-refractivity contribution in [3.05, 3.63) is 28.8 Å². The molecule has 1 aliphatic carbocycles. The summed E-state index contributed by atoms with van der Waals surface area (Å²) >= 11 is 0. The maximum Gasteiger partial charge on any atom is 0.227 e. The quantitative estimate of drug-likeness (QED) is 0.836. The fourth-order valence-electron chi connectivity index (χ4n) is 3.85. The van der Waals surface area contributed by atoms with Gasteiger partial charge in [0.05, 0.1) is 5.69 Å². The molecule has 0 radical (unpaired) electrons. The lowest BCUT2D eigenvalue weighted by Gasteiger charge is -2.38. The second-order valence-electron chi connectivity index (χ2n) is 6.27. The van der Waals surface area contributed by atoms with Crippen LogP contribution in [0.1, 0.15) is 48.3 Å². The first-order chi connectivity index (χ1) is 9.22. The van der Waals surface area contributed by atoms with Crippen molar-refractivity contribution in [2.45, 2.75) is 50.5 Å². The minimum absolute atomic E-state index is 0.312. The highest BCUT2D eigenvalue weighted by molar-refractivity contribution is 5.97. The largest absolute Gasteiger partial charge is 0.328 e. The zero-order valence-electron chi connectivity index (χ0n) is 11.2. The molecule has 0 aromatic heterocycles. The molecule has 1 saturated carbocycles. The van der Waals surface area contributed by atoms with Crippen LogP contribution in [0.25, 0.3) is 0 Å². The Labute approximate surface area is 113 Å². The van der Waals surface area contributed by atoms with E-state index in [0.717, 1.165) is 38.6 Å².